The maximum absolute atomic E-state index is 13.1. The molecule has 0 unspecified atom stereocenters. The minimum absolute atomic E-state index is 0.160. The summed E-state index contributed by atoms with van der Waals surface area (Å²) >= 11 is 0. The normalized spacial score (nSPS) is 10.8. The Morgan fingerprint density at radius 1 is 0.725 bits per heavy atom. The Morgan fingerprint density at radius 2 is 1.37 bits per heavy atom. The summed E-state index contributed by atoms with van der Waals surface area (Å²) in [4.78, 5) is 38.7. The predicted molar refractivity (Wildman–Crippen MR) is 196 cm³/mol. The van der Waals surface area contributed by atoms with Crippen LogP contribution in [0.15, 0.2) is 145 Å². The number of hydrazone groups is 1. The predicted octanol–water partition coefficient (Wildman–Crippen LogP) is 6.86. The van der Waals surface area contributed by atoms with Crippen molar-refractivity contribution in [1.82, 2.24) is 15.2 Å². The third-order valence-corrected chi connectivity index (χ3v) is 7.56. The summed E-state index contributed by atoms with van der Waals surface area (Å²) in [6.45, 7) is 2.85. The van der Waals surface area contributed by atoms with Crippen molar-refractivity contribution < 1.29 is 23.9 Å². The van der Waals surface area contributed by atoms with Gasteiger partial charge in [-0.05, 0) is 85.3 Å². The highest BCUT2D eigenvalue weighted by Gasteiger charge is 2.18. The van der Waals surface area contributed by atoms with Gasteiger partial charge in [-0.25, -0.2) is 10.1 Å². The molecule has 3 amide bonds. The van der Waals surface area contributed by atoms with Crippen LogP contribution in [-0.4, -0.2) is 40.3 Å². The minimum atomic E-state index is -1.02. The molecule has 0 fully saturated rings. The molecule has 0 saturated heterocycles. The number of benzene rings is 5. The van der Waals surface area contributed by atoms with Crippen LogP contribution in [0.1, 0.15) is 28.4 Å². The van der Waals surface area contributed by atoms with Gasteiger partial charge in [0.15, 0.2) is 0 Å². The van der Waals surface area contributed by atoms with Crippen LogP contribution in [0.5, 0.6) is 11.5 Å². The maximum Gasteiger partial charge on any atom is 0.329 e. The summed E-state index contributed by atoms with van der Waals surface area (Å²) < 4.78 is 13.1. The maximum atomic E-state index is 13.1. The molecule has 0 radical (unpaired) electrons. The van der Waals surface area contributed by atoms with E-state index in [1.165, 1.54) is 12.3 Å². The van der Waals surface area contributed by atoms with Crippen molar-refractivity contribution in [2.24, 2.45) is 5.10 Å². The molecule has 254 valence electrons. The number of amides is 3. The number of rotatable bonds is 12. The number of para-hydroxylation sites is 2. The fourth-order valence-electron chi connectivity index (χ4n) is 5.05. The van der Waals surface area contributed by atoms with Crippen LogP contribution >= 0.6 is 0 Å². The first-order valence-corrected chi connectivity index (χ1v) is 16.2. The number of hydrogen-bond acceptors (Lipinski definition) is 7. The molecule has 3 N–H and O–H groups in total. The van der Waals surface area contributed by atoms with E-state index in [9.17, 15) is 14.4 Å². The molecule has 0 atom stereocenters. The molecule has 11 heteroatoms. The van der Waals surface area contributed by atoms with E-state index in [2.05, 4.69) is 21.2 Å². The van der Waals surface area contributed by atoms with Crippen molar-refractivity contribution in [3.05, 3.63) is 156 Å². The number of anilines is 2. The van der Waals surface area contributed by atoms with Gasteiger partial charge < -0.3 is 20.1 Å². The first kappa shape index (κ1) is 33.9. The molecule has 0 saturated carbocycles. The molecule has 0 aliphatic carbocycles. The van der Waals surface area contributed by atoms with Crippen LogP contribution in [-0.2, 0) is 16.2 Å². The Bertz CT molecular complexity index is 2130. The van der Waals surface area contributed by atoms with Gasteiger partial charge in [0.05, 0.1) is 29.8 Å². The SMILES string of the molecule is CCOc1ccc(NC(=O)c2ccccc2NC(=O)C(=O)N/N=C\c2cn(-c3ccccc3)nc2-c2ccc(OCc3ccccc3)cc2)cc1. The van der Waals surface area contributed by atoms with Crippen molar-refractivity contribution in [3.8, 4) is 28.4 Å². The molecule has 0 aliphatic rings. The highest BCUT2D eigenvalue weighted by molar-refractivity contribution is 6.40. The molecular weight excluding hydrogens is 644 g/mol. The van der Waals surface area contributed by atoms with Gasteiger partial charge in [0.1, 0.15) is 23.8 Å². The molecule has 11 nitrogen and oxygen atoms in total. The number of nitrogens with one attached hydrogen (secondary N) is 3. The molecule has 6 rings (SSSR count). The van der Waals surface area contributed by atoms with Crippen LogP contribution in [0.4, 0.5) is 11.4 Å². The second-order valence-electron chi connectivity index (χ2n) is 11.1. The van der Waals surface area contributed by atoms with Gasteiger partial charge in [-0.15, -0.1) is 0 Å². The fraction of sp³-hybridized carbons (Fsp3) is 0.0750. The third kappa shape index (κ3) is 8.92. The third-order valence-electron chi connectivity index (χ3n) is 7.56. The van der Waals surface area contributed by atoms with E-state index >= 15 is 0 Å². The van der Waals surface area contributed by atoms with Gasteiger partial charge in [0.25, 0.3) is 5.91 Å². The average molecular weight is 679 g/mol. The lowest BCUT2D eigenvalue weighted by Crippen LogP contribution is -2.33. The van der Waals surface area contributed by atoms with E-state index in [-0.39, 0.29) is 11.3 Å². The van der Waals surface area contributed by atoms with Crippen LogP contribution < -0.4 is 25.5 Å². The Kier molecular flexibility index (Phi) is 10.9. The molecule has 0 bridgehead atoms. The highest BCUT2D eigenvalue weighted by atomic mass is 16.5. The first-order chi connectivity index (χ1) is 25.0. The quantitative estimate of drug-likeness (QED) is 0.0736. The lowest BCUT2D eigenvalue weighted by molar-refractivity contribution is -0.136. The summed E-state index contributed by atoms with van der Waals surface area (Å²) in [6.07, 6.45) is 3.20. The minimum Gasteiger partial charge on any atom is -0.494 e. The van der Waals surface area contributed by atoms with Gasteiger partial charge in [0.2, 0.25) is 0 Å². The van der Waals surface area contributed by atoms with Crippen molar-refractivity contribution >= 4 is 35.3 Å². The van der Waals surface area contributed by atoms with E-state index in [1.807, 2.05) is 91.9 Å². The molecule has 0 spiro atoms. The summed E-state index contributed by atoms with van der Waals surface area (Å²) in [7, 11) is 0. The van der Waals surface area contributed by atoms with E-state index in [0.29, 0.717) is 41.7 Å². The van der Waals surface area contributed by atoms with Crippen molar-refractivity contribution in [2.75, 3.05) is 17.2 Å². The highest BCUT2D eigenvalue weighted by Crippen LogP contribution is 2.26. The van der Waals surface area contributed by atoms with Crippen LogP contribution in [0.3, 0.4) is 0 Å². The zero-order chi connectivity index (χ0) is 35.4. The molecule has 1 aromatic heterocycles. The summed E-state index contributed by atoms with van der Waals surface area (Å²) in [5, 5.41) is 14.1. The molecule has 0 aliphatic heterocycles. The van der Waals surface area contributed by atoms with Crippen LogP contribution in [0, 0.1) is 0 Å². The second kappa shape index (κ2) is 16.4. The zero-order valence-electron chi connectivity index (χ0n) is 27.7. The number of carbonyl (C=O) groups is 3. The lowest BCUT2D eigenvalue weighted by atomic mass is 10.1. The van der Waals surface area contributed by atoms with Crippen molar-refractivity contribution in [1.29, 1.82) is 0 Å². The van der Waals surface area contributed by atoms with Gasteiger partial charge in [0, 0.05) is 23.0 Å². The van der Waals surface area contributed by atoms with E-state index in [0.717, 1.165) is 16.8 Å². The smallest absolute Gasteiger partial charge is 0.329 e. The number of ether oxygens (including phenoxy) is 2. The van der Waals surface area contributed by atoms with E-state index in [1.54, 1.807) is 53.3 Å². The van der Waals surface area contributed by atoms with Gasteiger partial charge in [-0.1, -0.05) is 60.7 Å². The lowest BCUT2D eigenvalue weighted by Gasteiger charge is -2.11. The zero-order valence-corrected chi connectivity index (χ0v) is 27.7. The molecule has 51 heavy (non-hydrogen) atoms. The number of hydrogen-bond donors (Lipinski definition) is 3. The summed E-state index contributed by atoms with van der Waals surface area (Å²) in [6, 6.07) is 40.3. The average Bonchev–Trinajstić information content (AvgIpc) is 3.60. The number of nitrogens with zero attached hydrogens (tertiary/aromatic N) is 3. The summed E-state index contributed by atoms with van der Waals surface area (Å²) in [5.74, 6) is -1.11. The first-order valence-electron chi connectivity index (χ1n) is 16.2. The summed E-state index contributed by atoms with van der Waals surface area (Å²) in [5.41, 5.74) is 7.02. The van der Waals surface area contributed by atoms with E-state index < -0.39 is 17.7 Å². The Balaban J connectivity index is 1.13. The molecule has 6 aromatic rings. The Morgan fingerprint density at radius 3 is 2.10 bits per heavy atom. The Labute approximate surface area is 294 Å². The van der Waals surface area contributed by atoms with Gasteiger partial charge >= 0.3 is 11.8 Å². The number of carbonyl (C=O) groups excluding carboxylic acids is 3. The van der Waals surface area contributed by atoms with Crippen molar-refractivity contribution in [3.63, 3.8) is 0 Å². The van der Waals surface area contributed by atoms with Crippen LogP contribution in [0.2, 0.25) is 0 Å². The van der Waals surface area contributed by atoms with Gasteiger partial charge in [-0.2, -0.15) is 10.2 Å². The molecule has 1 heterocycles. The Hall–Kier alpha value is -7.01. The topological polar surface area (TPSA) is 136 Å². The largest absolute Gasteiger partial charge is 0.494 e. The number of aromatic nitrogens is 2. The molecular formula is C40H34N6O5. The van der Waals surface area contributed by atoms with Gasteiger partial charge in [-0.3, -0.25) is 14.4 Å². The standard InChI is InChI=1S/C40H34N6O5/c1-2-50-33-23-19-31(20-24-33)42-38(47)35-15-9-10-16-36(35)43-39(48)40(49)44-41-25-30-26-46(32-13-7-4-8-14-32)45-37(30)29-17-21-34(22-18-29)51-27-28-11-5-3-6-12-28/h3-26H,2,27H2,1H3,(H,42,47)(H,43,48)(H,44,49)/b41-25-. The van der Waals surface area contributed by atoms with Crippen molar-refractivity contribution in [2.45, 2.75) is 13.5 Å². The molecule has 5 aromatic carbocycles. The fourth-order valence-corrected chi connectivity index (χ4v) is 5.05. The van der Waals surface area contributed by atoms with E-state index in [4.69, 9.17) is 14.6 Å². The second-order valence-corrected chi connectivity index (χ2v) is 11.1. The van der Waals surface area contributed by atoms with Crippen LogP contribution in [0.25, 0.3) is 16.9 Å². The monoisotopic (exact) mass is 678 g/mol.